The van der Waals surface area contributed by atoms with Crippen molar-refractivity contribution in [2.75, 3.05) is 5.43 Å². The first kappa shape index (κ1) is 15.2. The van der Waals surface area contributed by atoms with Gasteiger partial charge in [-0.1, -0.05) is 0 Å². The number of amides is 1. The molecule has 0 saturated carbocycles. The van der Waals surface area contributed by atoms with Crippen LogP contribution in [0.2, 0.25) is 0 Å². The average Bonchev–Trinajstić information content (AvgIpc) is 2.97. The highest BCUT2D eigenvalue weighted by Gasteiger charge is 2.20. The lowest BCUT2D eigenvalue weighted by atomic mass is 9.97. The van der Waals surface area contributed by atoms with Gasteiger partial charge in [0.25, 0.3) is 11.5 Å². The molecule has 0 unspecified atom stereocenters. The van der Waals surface area contributed by atoms with E-state index in [9.17, 15) is 9.59 Å². The SMILES string of the molecule is O=C(Nn1c(=S)[nH]c2sc3c(c2c1=O)CCCC3)c1ccncc1. The first-order valence-electron chi connectivity index (χ1n) is 7.66. The molecule has 0 fully saturated rings. The number of carbonyl (C=O) groups is 1. The summed E-state index contributed by atoms with van der Waals surface area (Å²) in [5.74, 6) is -0.401. The van der Waals surface area contributed by atoms with Gasteiger partial charge in [-0.25, -0.2) is 0 Å². The van der Waals surface area contributed by atoms with Crippen LogP contribution < -0.4 is 11.0 Å². The van der Waals surface area contributed by atoms with E-state index in [1.54, 1.807) is 23.5 Å². The number of H-pyrrole nitrogens is 1. The summed E-state index contributed by atoms with van der Waals surface area (Å²) < 4.78 is 1.32. The van der Waals surface area contributed by atoms with E-state index < -0.39 is 5.91 Å². The van der Waals surface area contributed by atoms with E-state index in [2.05, 4.69) is 15.4 Å². The van der Waals surface area contributed by atoms with E-state index in [1.807, 2.05) is 0 Å². The Bertz CT molecular complexity index is 1050. The van der Waals surface area contributed by atoms with Gasteiger partial charge < -0.3 is 4.98 Å². The minimum Gasteiger partial charge on any atom is -0.322 e. The molecule has 6 nitrogen and oxygen atoms in total. The molecule has 0 radical (unpaired) electrons. The van der Waals surface area contributed by atoms with Gasteiger partial charge in [-0.15, -0.1) is 11.3 Å². The van der Waals surface area contributed by atoms with Crippen LogP contribution in [0.5, 0.6) is 0 Å². The third-order valence-electron chi connectivity index (χ3n) is 4.17. The first-order valence-corrected chi connectivity index (χ1v) is 8.88. The maximum absolute atomic E-state index is 12.9. The van der Waals surface area contributed by atoms with Crippen LogP contribution in [0.1, 0.15) is 33.6 Å². The molecule has 0 aliphatic heterocycles. The van der Waals surface area contributed by atoms with E-state index in [0.29, 0.717) is 10.9 Å². The molecule has 3 heterocycles. The van der Waals surface area contributed by atoms with E-state index in [1.165, 1.54) is 17.3 Å². The Kier molecular flexibility index (Phi) is 3.78. The third-order valence-corrected chi connectivity index (χ3v) is 5.66. The van der Waals surface area contributed by atoms with Crippen LogP contribution >= 0.6 is 23.6 Å². The highest BCUT2D eigenvalue weighted by Crippen LogP contribution is 2.33. The number of aryl methyl sites for hydroxylation is 2. The van der Waals surface area contributed by atoms with Gasteiger partial charge in [-0.2, -0.15) is 4.68 Å². The number of pyridine rings is 1. The van der Waals surface area contributed by atoms with Gasteiger partial charge in [0, 0.05) is 22.8 Å². The molecule has 0 spiro atoms. The Labute approximate surface area is 146 Å². The topological polar surface area (TPSA) is 79.8 Å². The molecule has 122 valence electrons. The number of hydrogen-bond acceptors (Lipinski definition) is 5. The maximum Gasteiger partial charge on any atom is 0.282 e. The van der Waals surface area contributed by atoms with Crippen LogP contribution in [0, 0.1) is 4.77 Å². The second kappa shape index (κ2) is 5.95. The highest BCUT2D eigenvalue weighted by atomic mass is 32.1. The molecule has 3 aromatic heterocycles. The van der Waals surface area contributed by atoms with Gasteiger partial charge in [-0.3, -0.25) is 20.0 Å². The van der Waals surface area contributed by atoms with Crippen LogP contribution in [0.25, 0.3) is 10.2 Å². The Morgan fingerprint density at radius 2 is 2.04 bits per heavy atom. The van der Waals surface area contributed by atoms with Crippen molar-refractivity contribution in [3.63, 3.8) is 0 Å². The molecular formula is C16H14N4O2S2. The summed E-state index contributed by atoms with van der Waals surface area (Å²) >= 11 is 6.86. The normalized spacial score (nSPS) is 13.7. The van der Waals surface area contributed by atoms with Crippen molar-refractivity contribution < 1.29 is 4.79 Å². The maximum atomic E-state index is 12.9. The van der Waals surface area contributed by atoms with Crippen LogP contribution in [-0.4, -0.2) is 20.6 Å². The summed E-state index contributed by atoms with van der Waals surface area (Å²) in [6, 6.07) is 3.16. The number of nitrogens with one attached hydrogen (secondary N) is 2. The molecule has 0 aromatic carbocycles. The van der Waals surface area contributed by atoms with Crippen molar-refractivity contribution >= 4 is 39.7 Å². The van der Waals surface area contributed by atoms with Crippen molar-refractivity contribution in [1.82, 2.24) is 14.6 Å². The Morgan fingerprint density at radius 3 is 2.83 bits per heavy atom. The number of carbonyl (C=O) groups excluding carboxylic acids is 1. The van der Waals surface area contributed by atoms with Crippen LogP contribution in [0.4, 0.5) is 0 Å². The van der Waals surface area contributed by atoms with E-state index in [0.717, 1.165) is 40.8 Å². The van der Waals surface area contributed by atoms with Crippen molar-refractivity contribution in [3.8, 4) is 0 Å². The Morgan fingerprint density at radius 1 is 1.29 bits per heavy atom. The number of fused-ring (bicyclic) bond motifs is 3. The quantitative estimate of drug-likeness (QED) is 0.691. The zero-order valence-electron chi connectivity index (χ0n) is 12.7. The zero-order valence-corrected chi connectivity index (χ0v) is 14.3. The third kappa shape index (κ3) is 2.47. The second-order valence-corrected chi connectivity index (χ2v) is 7.15. The Balaban J connectivity index is 1.83. The standard InChI is InChI=1S/C16H14N4O2S2/c21-13(9-5-7-17-8-6-9)19-20-15(22)12-10-3-1-2-4-11(10)24-14(12)18-16(20)23/h5-8H,1-4H2,(H,18,23)(H,19,21). The smallest absolute Gasteiger partial charge is 0.282 e. The predicted molar refractivity (Wildman–Crippen MR) is 95.8 cm³/mol. The number of aromatic amines is 1. The van der Waals surface area contributed by atoms with Crippen molar-refractivity contribution in [3.05, 3.63) is 55.7 Å². The summed E-state index contributed by atoms with van der Waals surface area (Å²) in [6.45, 7) is 0. The van der Waals surface area contributed by atoms with Gasteiger partial charge in [-0.05, 0) is 55.6 Å². The number of rotatable bonds is 2. The summed E-state index contributed by atoms with van der Waals surface area (Å²) in [5, 5.41) is 0.651. The van der Waals surface area contributed by atoms with E-state index >= 15 is 0 Å². The molecule has 1 aliphatic carbocycles. The minimum atomic E-state index is -0.401. The van der Waals surface area contributed by atoms with Gasteiger partial charge in [0.15, 0.2) is 0 Å². The van der Waals surface area contributed by atoms with Crippen molar-refractivity contribution in [2.45, 2.75) is 25.7 Å². The van der Waals surface area contributed by atoms with Crippen LogP contribution in [-0.2, 0) is 12.8 Å². The van der Waals surface area contributed by atoms with E-state index in [4.69, 9.17) is 12.2 Å². The predicted octanol–water partition coefficient (Wildman–Crippen LogP) is 2.78. The molecule has 3 aromatic rings. The molecule has 2 N–H and O–H groups in total. The number of thiophene rings is 1. The number of nitrogens with zero attached hydrogens (tertiary/aromatic N) is 2. The summed E-state index contributed by atoms with van der Waals surface area (Å²) in [5.41, 5.74) is 3.84. The van der Waals surface area contributed by atoms with Crippen LogP contribution in [0.15, 0.2) is 29.3 Å². The lowest BCUT2D eigenvalue weighted by molar-refractivity contribution is 0.101. The van der Waals surface area contributed by atoms with Gasteiger partial charge >= 0.3 is 0 Å². The van der Waals surface area contributed by atoms with Gasteiger partial charge in [0.2, 0.25) is 4.77 Å². The molecule has 0 atom stereocenters. The molecule has 8 heteroatoms. The molecule has 0 bridgehead atoms. The number of aromatic nitrogens is 3. The van der Waals surface area contributed by atoms with Crippen molar-refractivity contribution in [2.24, 2.45) is 0 Å². The van der Waals surface area contributed by atoms with Gasteiger partial charge in [0.1, 0.15) is 4.83 Å². The summed E-state index contributed by atoms with van der Waals surface area (Å²) in [4.78, 5) is 34.2. The summed E-state index contributed by atoms with van der Waals surface area (Å²) in [7, 11) is 0. The second-order valence-electron chi connectivity index (χ2n) is 5.66. The fourth-order valence-corrected chi connectivity index (χ4v) is 4.58. The fraction of sp³-hybridized carbons (Fsp3) is 0.250. The largest absolute Gasteiger partial charge is 0.322 e. The monoisotopic (exact) mass is 358 g/mol. The highest BCUT2D eigenvalue weighted by molar-refractivity contribution is 7.71. The summed E-state index contributed by atoms with van der Waals surface area (Å²) in [6.07, 6.45) is 7.17. The average molecular weight is 358 g/mol. The molecular weight excluding hydrogens is 344 g/mol. The van der Waals surface area contributed by atoms with E-state index in [-0.39, 0.29) is 10.3 Å². The lowest BCUT2D eigenvalue weighted by Crippen LogP contribution is -2.34. The molecule has 1 amide bonds. The number of hydrogen-bond donors (Lipinski definition) is 2. The molecule has 0 saturated heterocycles. The zero-order chi connectivity index (χ0) is 16.7. The minimum absolute atomic E-state index is 0.188. The van der Waals surface area contributed by atoms with Crippen molar-refractivity contribution in [1.29, 1.82) is 0 Å². The Hall–Kier alpha value is -2.32. The fourth-order valence-electron chi connectivity index (χ4n) is 3.01. The lowest BCUT2D eigenvalue weighted by Gasteiger charge is -2.11. The first-order chi connectivity index (χ1) is 11.6. The van der Waals surface area contributed by atoms with Gasteiger partial charge in [0.05, 0.1) is 5.39 Å². The molecule has 4 rings (SSSR count). The van der Waals surface area contributed by atoms with Crippen LogP contribution in [0.3, 0.4) is 0 Å². The molecule has 24 heavy (non-hydrogen) atoms. The molecule has 1 aliphatic rings.